The summed E-state index contributed by atoms with van der Waals surface area (Å²) in [6.45, 7) is 4.20. The number of hydrogen-bond donors (Lipinski definition) is 0. The van der Waals surface area contributed by atoms with Gasteiger partial charge < -0.3 is 4.74 Å². The molecule has 10 heavy (non-hydrogen) atoms. The molecular weight excluding hydrogens is 146 g/mol. The van der Waals surface area contributed by atoms with E-state index in [1.54, 1.807) is 24.5 Å². The average Bonchev–Trinajstić information content (AvgIpc) is 2.37. The maximum Gasteiger partial charge on any atom is 0.119 e. The molecule has 1 rings (SSSR count). The lowest BCUT2D eigenvalue weighted by atomic mass is 10.5. The third-order valence-corrected chi connectivity index (χ3v) is 1.89. The SMILES string of the molecule is C=Cc1csc(COC)n1. The normalized spacial score (nSPS) is 9.70. The lowest BCUT2D eigenvalue weighted by Crippen LogP contribution is -1.84. The molecule has 0 unspecified atom stereocenters. The van der Waals surface area contributed by atoms with Crippen molar-refractivity contribution in [2.75, 3.05) is 7.11 Å². The van der Waals surface area contributed by atoms with Gasteiger partial charge >= 0.3 is 0 Å². The minimum atomic E-state index is 0.596. The van der Waals surface area contributed by atoms with E-state index >= 15 is 0 Å². The minimum absolute atomic E-state index is 0.596. The van der Waals surface area contributed by atoms with Gasteiger partial charge in [0, 0.05) is 12.5 Å². The summed E-state index contributed by atoms with van der Waals surface area (Å²) in [7, 11) is 1.66. The first-order chi connectivity index (χ1) is 4.86. The largest absolute Gasteiger partial charge is 0.378 e. The Hall–Kier alpha value is -0.670. The maximum atomic E-state index is 4.90. The Morgan fingerprint density at radius 1 is 1.90 bits per heavy atom. The molecule has 3 heteroatoms. The highest BCUT2D eigenvalue weighted by Crippen LogP contribution is 2.10. The molecule has 0 saturated carbocycles. The van der Waals surface area contributed by atoms with E-state index in [1.807, 2.05) is 5.38 Å². The fourth-order valence-electron chi connectivity index (χ4n) is 0.609. The van der Waals surface area contributed by atoms with Gasteiger partial charge in [-0.25, -0.2) is 4.98 Å². The quantitative estimate of drug-likeness (QED) is 0.665. The highest BCUT2D eigenvalue weighted by Gasteiger charge is 1.96. The second-order valence-corrected chi connectivity index (χ2v) is 2.75. The van der Waals surface area contributed by atoms with Crippen molar-refractivity contribution in [2.24, 2.45) is 0 Å². The summed E-state index contributed by atoms with van der Waals surface area (Å²) >= 11 is 1.59. The van der Waals surface area contributed by atoms with Gasteiger partial charge in [-0.2, -0.15) is 0 Å². The van der Waals surface area contributed by atoms with E-state index < -0.39 is 0 Å². The first-order valence-electron chi connectivity index (χ1n) is 2.92. The number of aromatic nitrogens is 1. The van der Waals surface area contributed by atoms with Crippen molar-refractivity contribution in [1.82, 2.24) is 4.98 Å². The van der Waals surface area contributed by atoms with Crippen LogP contribution in [0.5, 0.6) is 0 Å². The van der Waals surface area contributed by atoms with Crippen LogP contribution in [0, 0.1) is 0 Å². The Balaban J connectivity index is 2.68. The van der Waals surface area contributed by atoms with E-state index in [0.29, 0.717) is 6.61 Å². The third-order valence-electron chi connectivity index (χ3n) is 1.05. The predicted octanol–water partition coefficient (Wildman–Crippen LogP) is 1.93. The fourth-order valence-corrected chi connectivity index (χ4v) is 1.36. The van der Waals surface area contributed by atoms with Crippen LogP contribution >= 0.6 is 11.3 Å². The summed E-state index contributed by atoms with van der Waals surface area (Å²) < 4.78 is 4.90. The lowest BCUT2D eigenvalue weighted by molar-refractivity contribution is 0.184. The Labute approximate surface area is 64.2 Å². The van der Waals surface area contributed by atoms with Crippen molar-refractivity contribution < 1.29 is 4.74 Å². The zero-order valence-electron chi connectivity index (χ0n) is 5.83. The molecule has 0 atom stereocenters. The minimum Gasteiger partial charge on any atom is -0.378 e. The monoisotopic (exact) mass is 155 g/mol. The lowest BCUT2D eigenvalue weighted by Gasteiger charge is -1.88. The van der Waals surface area contributed by atoms with Gasteiger partial charge in [0.25, 0.3) is 0 Å². The number of ether oxygens (including phenoxy) is 1. The summed E-state index contributed by atoms with van der Waals surface area (Å²) in [4.78, 5) is 4.19. The van der Waals surface area contributed by atoms with Gasteiger partial charge in [-0.1, -0.05) is 6.58 Å². The molecule has 1 aromatic rings. The maximum absolute atomic E-state index is 4.90. The number of hydrogen-bond acceptors (Lipinski definition) is 3. The Kier molecular flexibility index (Phi) is 2.59. The summed E-state index contributed by atoms with van der Waals surface area (Å²) in [5.41, 5.74) is 0.928. The first-order valence-corrected chi connectivity index (χ1v) is 3.80. The topological polar surface area (TPSA) is 22.1 Å². The fraction of sp³-hybridized carbons (Fsp3) is 0.286. The number of thiazole rings is 1. The Morgan fingerprint density at radius 2 is 2.70 bits per heavy atom. The van der Waals surface area contributed by atoms with Gasteiger partial charge in [0.05, 0.1) is 12.3 Å². The van der Waals surface area contributed by atoms with Crippen LogP contribution in [0.25, 0.3) is 6.08 Å². The summed E-state index contributed by atoms with van der Waals surface area (Å²) in [6, 6.07) is 0. The van der Waals surface area contributed by atoms with Crippen molar-refractivity contribution in [1.29, 1.82) is 0 Å². The van der Waals surface area contributed by atoms with Crippen molar-refractivity contribution in [3.05, 3.63) is 22.7 Å². The molecule has 0 saturated heterocycles. The van der Waals surface area contributed by atoms with Crippen molar-refractivity contribution in [2.45, 2.75) is 6.61 Å². The molecule has 0 radical (unpaired) electrons. The number of methoxy groups -OCH3 is 1. The predicted molar refractivity (Wildman–Crippen MR) is 42.9 cm³/mol. The zero-order valence-corrected chi connectivity index (χ0v) is 6.65. The molecule has 0 aromatic carbocycles. The van der Waals surface area contributed by atoms with E-state index in [9.17, 15) is 0 Å². The molecule has 0 aliphatic heterocycles. The van der Waals surface area contributed by atoms with Crippen LogP contribution in [-0.2, 0) is 11.3 Å². The van der Waals surface area contributed by atoms with Crippen LogP contribution in [0.2, 0.25) is 0 Å². The standard InChI is InChI=1S/C7H9NOS/c1-3-6-5-10-7(8-6)4-9-2/h3,5H,1,4H2,2H3. The van der Waals surface area contributed by atoms with Crippen LogP contribution in [-0.4, -0.2) is 12.1 Å². The smallest absolute Gasteiger partial charge is 0.119 e. The molecule has 0 N–H and O–H groups in total. The number of rotatable bonds is 3. The van der Waals surface area contributed by atoms with Gasteiger partial charge in [0.15, 0.2) is 0 Å². The molecule has 0 fully saturated rings. The van der Waals surface area contributed by atoms with Crippen molar-refractivity contribution in [3.8, 4) is 0 Å². The molecule has 0 spiro atoms. The first kappa shape index (κ1) is 7.44. The second kappa shape index (κ2) is 3.49. The van der Waals surface area contributed by atoms with E-state index in [0.717, 1.165) is 10.7 Å². The summed E-state index contributed by atoms with van der Waals surface area (Å²) in [5.74, 6) is 0. The average molecular weight is 155 g/mol. The highest BCUT2D eigenvalue weighted by molar-refractivity contribution is 7.09. The van der Waals surface area contributed by atoms with Crippen LogP contribution in [0.15, 0.2) is 12.0 Å². The van der Waals surface area contributed by atoms with Gasteiger partial charge in [-0.05, 0) is 6.08 Å². The van der Waals surface area contributed by atoms with Gasteiger partial charge in [-0.15, -0.1) is 11.3 Å². The molecule has 1 aromatic heterocycles. The molecule has 0 aliphatic carbocycles. The summed E-state index contributed by atoms with van der Waals surface area (Å²) in [5, 5.41) is 2.96. The van der Waals surface area contributed by atoms with Crippen molar-refractivity contribution >= 4 is 17.4 Å². The molecule has 54 valence electrons. The van der Waals surface area contributed by atoms with E-state index in [1.165, 1.54) is 0 Å². The molecule has 2 nitrogen and oxygen atoms in total. The van der Waals surface area contributed by atoms with Crippen LogP contribution < -0.4 is 0 Å². The van der Waals surface area contributed by atoms with Gasteiger partial charge in [0.2, 0.25) is 0 Å². The van der Waals surface area contributed by atoms with Crippen LogP contribution in [0.3, 0.4) is 0 Å². The molecule has 0 amide bonds. The highest BCUT2D eigenvalue weighted by atomic mass is 32.1. The van der Waals surface area contributed by atoms with Gasteiger partial charge in [0.1, 0.15) is 5.01 Å². The Bertz CT molecular complexity index is 219. The molecule has 0 bridgehead atoms. The molecule has 1 heterocycles. The van der Waals surface area contributed by atoms with E-state index in [4.69, 9.17) is 4.74 Å². The Morgan fingerprint density at radius 3 is 3.20 bits per heavy atom. The van der Waals surface area contributed by atoms with Crippen molar-refractivity contribution in [3.63, 3.8) is 0 Å². The van der Waals surface area contributed by atoms with E-state index in [2.05, 4.69) is 11.6 Å². The van der Waals surface area contributed by atoms with Gasteiger partial charge in [-0.3, -0.25) is 0 Å². The zero-order chi connectivity index (χ0) is 7.40. The third kappa shape index (κ3) is 1.65. The summed E-state index contributed by atoms with van der Waals surface area (Å²) in [6.07, 6.45) is 1.73. The van der Waals surface area contributed by atoms with Crippen LogP contribution in [0.4, 0.5) is 0 Å². The molecule has 0 aliphatic rings. The number of nitrogens with zero attached hydrogens (tertiary/aromatic N) is 1. The van der Waals surface area contributed by atoms with Crippen LogP contribution in [0.1, 0.15) is 10.7 Å². The second-order valence-electron chi connectivity index (χ2n) is 1.80. The molecular formula is C7H9NOS. The van der Waals surface area contributed by atoms with E-state index in [-0.39, 0.29) is 0 Å².